The Morgan fingerprint density at radius 2 is 0.671 bits per heavy atom. The molecule has 12 aromatic rings. The van der Waals surface area contributed by atoms with E-state index in [1.165, 1.54) is 85.4 Å². The van der Waals surface area contributed by atoms with Crippen LogP contribution in [0.1, 0.15) is 22.3 Å². The molecule has 0 amide bonds. The monoisotopic (exact) mass is 1570 g/mol. The van der Waals surface area contributed by atoms with E-state index >= 15 is 0 Å². The third kappa shape index (κ3) is 16.7. The number of hydrogen-bond donors (Lipinski definition) is 0. The second-order valence-corrected chi connectivity index (χ2v) is 37.7. The van der Waals surface area contributed by atoms with Gasteiger partial charge in [0.05, 0.1) is 11.6 Å². The van der Waals surface area contributed by atoms with Gasteiger partial charge in [-0.25, -0.2) is 9.97 Å². The van der Waals surface area contributed by atoms with Crippen LogP contribution in [-0.2, 0) is 33.0 Å². The Morgan fingerprint density at radius 1 is 0.378 bits per heavy atom. The number of para-hydroxylation sites is 4. The first kappa shape index (κ1) is 64.0. The van der Waals surface area contributed by atoms with Crippen LogP contribution < -0.4 is 9.47 Å². The molecule has 0 unspecified atom stereocenters. The minimum absolute atomic E-state index is 0. The number of benzene rings is 8. The first-order valence-electron chi connectivity index (χ1n) is 25.8. The maximum absolute atomic E-state index is 6.32. The molecule has 0 aliphatic carbocycles. The van der Waals surface area contributed by atoms with Gasteiger partial charge < -0.3 is 18.6 Å². The van der Waals surface area contributed by atoms with Crippen LogP contribution in [0.3, 0.4) is 0 Å². The van der Waals surface area contributed by atoms with Crippen molar-refractivity contribution in [1.82, 2.24) is 38.2 Å². The number of halogens is 4. The van der Waals surface area contributed by atoms with Crippen molar-refractivity contribution < 1.29 is 42.4 Å². The van der Waals surface area contributed by atoms with Crippen LogP contribution in [0.5, 0.6) is 23.0 Å². The first-order chi connectivity index (χ1) is 39.3. The van der Waals surface area contributed by atoms with Crippen molar-refractivity contribution >= 4 is 101 Å². The summed E-state index contributed by atoms with van der Waals surface area (Å²) in [6.45, 7) is 8.40. The Kier molecular flexibility index (Phi) is 24.1. The average molecular weight is 1570 g/mol. The standard InChI is InChI=1S/C32H26N4O.C32H24N4O.4ClH.2K.2Pt/c2*1-23-9-3-5-15-29(23)35-19-17-33-31(35)25-11-7-13-27(21-25)37-28-14-8-12-26(22-28)32-34-18-20-36(32)30-16-6-4-10-24(30)2;;;;;;;;/h3-22H,1-2H3;3-20H,1-2H3;4*1H;;;;/q;-2;;;;;;;+2;+4/p-4. The number of aryl methyl sites for hydroxylation is 4. The van der Waals surface area contributed by atoms with Gasteiger partial charge in [0.15, 0.2) is 0 Å². The van der Waals surface area contributed by atoms with E-state index in [1.54, 1.807) is 12.4 Å². The van der Waals surface area contributed by atoms with E-state index in [-0.39, 0.29) is 21.1 Å². The summed E-state index contributed by atoms with van der Waals surface area (Å²) in [4.78, 5) is 18.5. The van der Waals surface area contributed by atoms with Crippen molar-refractivity contribution in [1.29, 1.82) is 0 Å². The smallest absolute Gasteiger partial charge is 2.00 e. The zero-order chi connectivity index (χ0) is 56.9. The number of rotatable bonds is 12. The molecule has 8 aromatic carbocycles. The third-order valence-corrected chi connectivity index (χ3v) is 12.7. The fraction of sp³-hybridized carbons (Fsp3) is 0.0625. The normalized spacial score (nSPS) is 10.9. The molecule has 0 spiro atoms. The van der Waals surface area contributed by atoms with Gasteiger partial charge in [-0.1, -0.05) is 109 Å². The predicted octanol–water partition coefficient (Wildman–Crippen LogP) is 17.2. The molecule has 408 valence electrons. The number of imidazole rings is 4. The van der Waals surface area contributed by atoms with Crippen LogP contribution in [0.2, 0.25) is 0 Å². The Morgan fingerprint density at radius 3 is 1.00 bits per heavy atom. The number of hydrogen-bond acceptors (Lipinski definition) is 6. The van der Waals surface area contributed by atoms with Crippen molar-refractivity contribution in [3.05, 3.63) is 266 Å². The maximum Gasteiger partial charge on any atom is 2.00 e. The molecular formula is C64H50Cl4K2N8O2Pt2. The van der Waals surface area contributed by atoms with Crippen LogP contribution >= 0.6 is 37.7 Å². The van der Waals surface area contributed by atoms with E-state index < -0.39 is 11.9 Å². The van der Waals surface area contributed by atoms with Crippen molar-refractivity contribution in [2.24, 2.45) is 0 Å². The van der Waals surface area contributed by atoms with Crippen LogP contribution in [0.15, 0.2) is 232 Å². The number of ether oxygens (including phenoxy) is 2. The minimum atomic E-state index is -3.06. The number of nitrogens with zero attached hydrogens (tertiary/aromatic N) is 8. The molecule has 10 nitrogen and oxygen atoms in total. The molecule has 0 bridgehead atoms. The summed E-state index contributed by atoms with van der Waals surface area (Å²) in [6.07, 6.45) is 15.2. The van der Waals surface area contributed by atoms with Crippen LogP contribution in [0.4, 0.5) is 0 Å². The third-order valence-electron chi connectivity index (χ3n) is 12.7. The molecule has 18 heteroatoms. The van der Waals surface area contributed by atoms with Gasteiger partial charge in [0.2, 0.25) is 0 Å². The Hall–Kier alpha value is -3.99. The summed E-state index contributed by atoms with van der Waals surface area (Å²) in [6, 6.07) is 67.6. The fourth-order valence-corrected chi connectivity index (χ4v) is 9.08. The minimum Gasteiger partial charge on any atom is 2.00 e. The van der Waals surface area contributed by atoms with Gasteiger partial charge in [0.25, 0.3) is 0 Å². The molecule has 12 rings (SSSR count). The zero-order valence-corrected chi connectivity index (χ0v) is 59.3. The first-order valence-corrected chi connectivity index (χ1v) is 53.1. The second-order valence-electron chi connectivity index (χ2n) is 18.0. The van der Waals surface area contributed by atoms with Gasteiger partial charge in [-0.2, -0.15) is 0 Å². The molecule has 0 atom stereocenters. The average Bonchev–Trinajstić information content (AvgIpc) is 4.41. The van der Waals surface area contributed by atoms with Gasteiger partial charge in [-0.3, -0.25) is 19.1 Å². The van der Waals surface area contributed by atoms with E-state index in [1.807, 2.05) is 159 Å². The molecule has 0 aliphatic rings. The Labute approximate surface area is 557 Å². The molecule has 0 N–H and O–H groups in total. The molecule has 0 saturated heterocycles. The van der Waals surface area contributed by atoms with Crippen molar-refractivity contribution in [2.75, 3.05) is 0 Å². The van der Waals surface area contributed by atoms with Gasteiger partial charge >= 0.3 is 134 Å². The van der Waals surface area contributed by atoms with Crippen LogP contribution in [0.25, 0.3) is 68.3 Å². The molecule has 4 heterocycles. The molecule has 82 heavy (non-hydrogen) atoms. The molecule has 0 radical (unpaired) electrons. The zero-order valence-electron chi connectivity index (χ0n) is 45.5. The molecular weight excluding hydrogens is 1520 g/mol. The van der Waals surface area contributed by atoms with E-state index in [2.05, 4.69) is 139 Å². The Bertz CT molecular complexity index is 3540. The molecule has 0 saturated carbocycles. The number of aromatic nitrogens is 8. The van der Waals surface area contributed by atoms with Gasteiger partial charge in [-0.05, 0) is 98.5 Å². The van der Waals surface area contributed by atoms with E-state index in [9.17, 15) is 0 Å². The van der Waals surface area contributed by atoms with Crippen LogP contribution in [-0.4, -0.2) is 101 Å². The Balaban J connectivity index is 0.000000191. The summed E-state index contributed by atoms with van der Waals surface area (Å²) in [5, 5.41) is 0. The topological polar surface area (TPSA) is 89.7 Å². The van der Waals surface area contributed by atoms with E-state index in [0.717, 1.165) is 79.8 Å². The molecule has 0 fully saturated rings. The SMILES string of the molecule is Cc1ccccc1-n1ccnc1-c1[c-]c(Oc2[c-]c(-c3nccn3-c3ccccc3C)ccc2)ccc1.Cc1ccccc1-n1ccnc1-c1cccc(Oc2cccc(-c3nccn3-c3ccccc3C)c2)c1.[Cl][Pt]([Cl])([Cl])[Cl].[K][K].[Pt+2]. The maximum atomic E-state index is 6.32. The van der Waals surface area contributed by atoms with Crippen LogP contribution in [0, 0.1) is 39.8 Å². The van der Waals surface area contributed by atoms with Crippen molar-refractivity contribution in [3.8, 4) is 91.3 Å². The van der Waals surface area contributed by atoms with Gasteiger partial charge in [0, 0.05) is 95.0 Å². The summed E-state index contributed by atoms with van der Waals surface area (Å²) < 4.78 is 20.9. The second kappa shape index (κ2) is 30.9. The predicted molar refractivity (Wildman–Crippen MR) is 328 cm³/mol. The molecule has 0 aliphatic heterocycles. The summed E-state index contributed by atoms with van der Waals surface area (Å²) in [5.41, 5.74) is 12.8. The summed E-state index contributed by atoms with van der Waals surface area (Å²) >= 11 is -0.556. The summed E-state index contributed by atoms with van der Waals surface area (Å²) in [7, 11) is 20.0. The fourth-order valence-electron chi connectivity index (χ4n) is 9.08. The van der Waals surface area contributed by atoms with Crippen molar-refractivity contribution in [3.63, 3.8) is 0 Å². The quantitative estimate of drug-likeness (QED) is 0.0894. The van der Waals surface area contributed by atoms with Gasteiger partial charge in [0.1, 0.15) is 23.1 Å². The largest absolute Gasteiger partial charge is 2.00 e. The van der Waals surface area contributed by atoms with Gasteiger partial charge in [-0.15, -0.1) is 47.5 Å². The summed E-state index contributed by atoms with van der Waals surface area (Å²) in [5.74, 6) is 6.02. The van der Waals surface area contributed by atoms with Crippen molar-refractivity contribution in [2.45, 2.75) is 27.7 Å². The van der Waals surface area contributed by atoms with E-state index in [0.29, 0.717) is 11.5 Å². The van der Waals surface area contributed by atoms with E-state index in [4.69, 9.17) is 47.1 Å². The molecule has 4 aromatic heterocycles.